The molecule has 0 amide bonds. The summed E-state index contributed by atoms with van der Waals surface area (Å²) >= 11 is 0. The van der Waals surface area contributed by atoms with Crippen LogP contribution in [0.5, 0.6) is 0 Å². The van der Waals surface area contributed by atoms with Crippen LogP contribution in [0.25, 0.3) is 0 Å². The summed E-state index contributed by atoms with van der Waals surface area (Å²) in [7, 11) is 0. The van der Waals surface area contributed by atoms with Crippen LogP contribution >= 0.6 is 0 Å². The third-order valence-corrected chi connectivity index (χ3v) is 6.63. The molecule has 3 unspecified atom stereocenters. The molecule has 3 N–H and O–H groups in total. The molecule has 0 radical (unpaired) electrons. The summed E-state index contributed by atoms with van der Waals surface area (Å²) in [5.41, 5.74) is 4.63. The predicted molar refractivity (Wildman–Crippen MR) is 163 cm³/mol. The van der Waals surface area contributed by atoms with Gasteiger partial charge in [-0.25, -0.2) is 0 Å². The lowest BCUT2D eigenvalue weighted by atomic mass is 10.0. The molecule has 0 aromatic carbocycles. The number of aliphatic hydroxyl groups excluding tert-OH is 3. The van der Waals surface area contributed by atoms with Gasteiger partial charge >= 0.3 is 0 Å². The molecule has 0 bridgehead atoms. The Morgan fingerprint density at radius 2 is 0.861 bits per heavy atom. The average molecular weight is 511 g/mol. The SMILES string of the molecule is C/C=C(/CC)CCCCC(C)O.C/C=C(\CC)CCCCC(C)O.CCC(=CCCCC(C)O)CC. The molecular formula is C33H66O3. The van der Waals surface area contributed by atoms with Gasteiger partial charge in [-0.2, -0.15) is 0 Å². The lowest BCUT2D eigenvalue weighted by molar-refractivity contribution is 0.180. The summed E-state index contributed by atoms with van der Waals surface area (Å²) in [5.74, 6) is 0. The highest BCUT2D eigenvalue weighted by Crippen LogP contribution is 2.13. The molecule has 0 saturated heterocycles. The largest absolute Gasteiger partial charge is 0.393 e. The molecule has 0 aromatic heterocycles. The summed E-state index contributed by atoms with van der Waals surface area (Å²) in [6.07, 6.45) is 23.3. The van der Waals surface area contributed by atoms with Crippen molar-refractivity contribution >= 4 is 0 Å². The van der Waals surface area contributed by atoms with Gasteiger partial charge in [0.25, 0.3) is 0 Å². The standard InChI is InChI=1S/3C11H22O/c3*1-4-11(5-2)9-7-6-8-10(3)12/h9-10,12H,4-8H2,1-3H3;2*4,10,12H,5-9H2,1-3H3/b;11-4+;11-4-. The monoisotopic (exact) mass is 511 g/mol. The zero-order valence-electron chi connectivity index (χ0n) is 25.9. The van der Waals surface area contributed by atoms with Gasteiger partial charge in [-0.1, -0.05) is 75.5 Å². The van der Waals surface area contributed by atoms with E-state index in [0.717, 1.165) is 44.9 Å². The summed E-state index contributed by atoms with van der Waals surface area (Å²) < 4.78 is 0. The maximum absolute atomic E-state index is 9.02. The molecule has 3 atom stereocenters. The minimum atomic E-state index is -0.134. The van der Waals surface area contributed by atoms with Crippen LogP contribution < -0.4 is 0 Å². The molecule has 0 aliphatic heterocycles. The number of aliphatic hydroxyl groups is 3. The number of unbranched alkanes of at least 4 members (excludes halogenated alkanes) is 3. The average Bonchev–Trinajstić information content (AvgIpc) is 2.85. The second kappa shape index (κ2) is 30.3. The number of allylic oxidation sites excluding steroid dienone is 6. The number of hydrogen-bond donors (Lipinski definition) is 3. The molecular weight excluding hydrogens is 444 g/mol. The Bertz CT molecular complexity index is 489. The maximum atomic E-state index is 9.02. The first kappa shape index (κ1) is 39.6. The Kier molecular flexibility index (Phi) is 33.4. The first-order valence-electron chi connectivity index (χ1n) is 15.1. The zero-order valence-corrected chi connectivity index (χ0v) is 25.9. The molecule has 216 valence electrons. The lowest BCUT2D eigenvalue weighted by Gasteiger charge is -2.05. The lowest BCUT2D eigenvalue weighted by Crippen LogP contribution is -1.98. The summed E-state index contributed by atoms with van der Waals surface area (Å²) in [5, 5.41) is 27.0. The van der Waals surface area contributed by atoms with Crippen LogP contribution in [0.1, 0.15) is 159 Å². The fraction of sp³-hybridized carbons (Fsp3) is 0.818. The van der Waals surface area contributed by atoms with Gasteiger partial charge < -0.3 is 15.3 Å². The van der Waals surface area contributed by atoms with Crippen molar-refractivity contribution < 1.29 is 15.3 Å². The van der Waals surface area contributed by atoms with E-state index in [1.165, 1.54) is 51.4 Å². The van der Waals surface area contributed by atoms with Crippen molar-refractivity contribution in [3.05, 3.63) is 34.9 Å². The van der Waals surface area contributed by atoms with Gasteiger partial charge in [-0.15, -0.1) is 0 Å². The minimum absolute atomic E-state index is 0.124. The van der Waals surface area contributed by atoms with Crippen LogP contribution in [0, 0.1) is 0 Å². The van der Waals surface area contributed by atoms with E-state index in [1.54, 1.807) is 16.7 Å². The van der Waals surface area contributed by atoms with E-state index in [2.05, 4.69) is 59.8 Å². The molecule has 0 aromatic rings. The van der Waals surface area contributed by atoms with Crippen LogP contribution in [0.4, 0.5) is 0 Å². The summed E-state index contributed by atoms with van der Waals surface area (Å²) in [4.78, 5) is 0. The fourth-order valence-electron chi connectivity index (χ4n) is 3.89. The van der Waals surface area contributed by atoms with Crippen LogP contribution in [0.15, 0.2) is 34.9 Å². The summed E-state index contributed by atoms with van der Waals surface area (Å²) in [6, 6.07) is 0. The van der Waals surface area contributed by atoms with E-state index < -0.39 is 0 Å². The van der Waals surface area contributed by atoms with Gasteiger partial charge in [0, 0.05) is 0 Å². The van der Waals surface area contributed by atoms with E-state index in [9.17, 15) is 0 Å². The first-order valence-corrected chi connectivity index (χ1v) is 15.1. The molecule has 3 heteroatoms. The second-order valence-electron chi connectivity index (χ2n) is 10.1. The van der Waals surface area contributed by atoms with Crippen molar-refractivity contribution in [2.24, 2.45) is 0 Å². The van der Waals surface area contributed by atoms with Crippen LogP contribution in [-0.4, -0.2) is 33.6 Å². The van der Waals surface area contributed by atoms with Gasteiger partial charge in [0.15, 0.2) is 0 Å². The van der Waals surface area contributed by atoms with E-state index in [4.69, 9.17) is 15.3 Å². The topological polar surface area (TPSA) is 60.7 Å². The van der Waals surface area contributed by atoms with Gasteiger partial charge in [-0.3, -0.25) is 0 Å². The smallest absolute Gasteiger partial charge is 0.0512 e. The van der Waals surface area contributed by atoms with Gasteiger partial charge in [0.05, 0.1) is 18.3 Å². The molecule has 0 rings (SSSR count). The van der Waals surface area contributed by atoms with Crippen molar-refractivity contribution in [2.45, 2.75) is 177 Å². The van der Waals surface area contributed by atoms with Crippen LogP contribution in [-0.2, 0) is 0 Å². The molecule has 0 aliphatic rings. The van der Waals surface area contributed by atoms with Crippen molar-refractivity contribution in [1.82, 2.24) is 0 Å². The molecule has 0 aliphatic carbocycles. The Morgan fingerprint density at radius 3 is 1.14 bits per heavy atom. The van der Waals surface area contributed by atoms with E-state index in [1.807, 2.05) is 20.8 Å². The molecule has 36 heavy (non-hydrogen) atoms. The maximum Gasteiger partial charge on any atom is 0.0512 e. The van der Waals surface area contributed by atoms with Crippen LogP contribution in [0.3, 0.4) is 0 Å². The van der Waals surface area contributed by atoms with Crippen molar-refractivity contribution in [3.8, 4) is 0 Å². The summed E-state index contributed by atoms with van der Waals surface area (Å²) in [6.45, 7) is 18.6. The molecule has 0 saturated carbocycles. The highest BCUT2D eigenvalue weighted by molar-refractivity contribution is 5.00. The Balaban J connectivity index is -0.000000454. The molecule has 0 fully saturated rings. The quantitative estimate of drug-likeness (QED) is 0.127. The fourth-order valence-corrected chi connectivity index (χ4v) is 3.89. The van der Waals surface area contributed by atoms with Gasteiger partial charge in [0.1, 0.15) is 0 Å². The van der Waals surface area contributed by atoms with Crippen molar-refractivity contribution in [3.63, 3.8) is 0 Å². The van der Waals surface area contributed by atoms with Crippen molar-refractivity contribution in [1.29, 1.82) is 0 Å². The Hall–Kier alpha value is -0.900. The van der Waals surface area contributed by atoms with Gasteiger partial charge in [0.2, 0.25) is 0 Å². The zero-order chi connectivity index (χ0) is 28.2. The third kappa shape index (κ3) is 33.1. The van der Waals surface area contributed by atoms with E-state index >= 15 is 0 Å². The van der Waals surface area contributed by atoms with E-state index in [0.29, 0.717) is 0 Å². The molecule has 3 nitrogen and oxygen atoms in total. The third-order valence-electron chi connectivity index (χ3n) is 6.63. The normalized spacial score (nSPS) is 14.1. The first-order chi connectivity index (χ1) is 17.1. The number of rotatable bonds is 18. The Morgan fingerprint density at radius 1 is 0.528 bits per heavy atom. The van der Waals surface area contributed by atoms with Crippen molar-refractivity contribution in [2.75, 3.05) is 0 Å². The molecule has 0 heterocycles. The van der Waals surface area contributed by atoms with Crippen LogP contribution in [0.2, 0.25) is 0 Å². The highest BCUT2D eigenvalue weighted by atomic mass is 16.3. The Labute approximate surface area is 227 Å². The minimum Gasteiger partial charge on any atom is -0.393 e. The number of hydrogen-bond acceptors (Lipinski definition) is 3. The molecule has 0 spiro atoms. The van der Waals surface area contributed by atoms with Gasteiger partial charge in [-0.05, 0) is 118 Å². The predicted octanol–water partition coefficient (Wildman–Crippen LogP) is 9.85. The van der Waals surface area contributed by atoms with E-state index in [-0.39, 0.29) is 18.3 Å². The highest BCUT2D eigenvalue weighted by Gasteiger charge is 1.98. The second-order valence-corrected chi connectivity index (χ2v) is 10.1.